The summed E-state index contributed by atoms with van der Waals surface area (Å²) in [7, 11) is 0. The molecule has 0 aromatic carbocycles. The Morgan fingerprint density at radius 1 is 1.29 bits per heavy atom. The Kier molecular flexibility index (Phi) is 4.03. The smallest absolute Gasteiger partial charge is 0.259 e. The lowest BCUT2D eigenvalue weighted by atomic mass is 9.99. The zero-order valence-corrected chi connectivity index (χ0v) is 9.73. The number of thiol groups is 1. The minimum Gasteiger partial charge on any atom is -0.288 e. The van der Waals surface area contributed by atoms with E-state index >= 15 is 0 Å². The number of rotatable bonds is 1. The summed E-state index contributed by atoms with van der Waals surface area (Å²) in [6.45, 7) is 6.29. The molecule has 1 fully saturated rings. The molecule has 1 saturated heterocycles. The molecule has 0 saturated carbocycles. The van der Waals surface area contributed by atoms with Gasteiger partial charge >= 0.3 is 0 Å². The number of nitrogens with zero attached hydrogens (tertiary/aromatic N) is 1. The van der Waals surface area contributed by atoms with Crippen LogP contribution in [0.15, 0.2) is 0 Å². The second kappa shape index (κ2) is 4.86. The molecule has 0 unspecified atom stereocenters. The zero-order valence-electron chi connectivity index (χ0n) is 8.84. The number of piperidine rings is 1. The number of hydrogen-bond donors (Lipinski definition) is 1. The fourth-order valence-electron chi connectivity index (χ4n) is 1.74. The molecule has 0 amide bonds. The first kappa shape index (κ1) is 11.6. The Labute approximate surface area is 91.5 Å². The van der Waals surface area contributed by atoms with Crippen molar-refractivity contribution in [2.24, 2.45) is 0 Å². The largest absolute Gasteiger partial charge is 0.288 e. The summed E-state index contributed by atoms with van der Waals surface area (Å²) < 4.78 is 0. The van der Waals surface area contributed by atoms with Gasteiger partial charge in [0.05, 0.1) is 5.54 Å². The monoisotopic (exact) mass is 211 g/mol. The van der Waals surface area contributed by atoms with Gasteiger partial charge in [0.2, 0.25) is 0 Å². The van der Waals surface area contributed by atoms with Crippen molar-refractivity contribution in [3.8, 4) is 11.8 Å². The van der Waals surface area contributed by atoms with Gasteiger partial charge in [-0.05, 0) is 45.7 Å². The van der Waals surface area contributed by atoms with Crippen molar-refractivity contribution in [2.45, 2.75) is 38.6 Å². The molecular formula is C11H17NOS. The SMILES string of the molecule is CC(C)(C#CC(=O)S)N1CCCCC1. The van der Waals surface area contributed by atoms with Crippen molar-refractivity contribution in [3.05, 3.63) is 0 Å². The van der Waals surface area contributed by atoms with Gasteiger partial charge in [-0.2, -0.15) is 0 Å². The molecule has 0 bridgehead atoms. The van der Waals surface area contributed by atoms with Crippen LogP contribution in [0.25, 0.3) is 0 Å². The summed E-state index contributed by atoms with van der Waals surface area (Å²) in [6.07, 6.45) is 3.78. The third kappa shape index (κ3) is 3.36. The van der Waals surface area contributed by atoms with E-state index in [4.69, 9.17) is 0 Å². The van der Waals surface area contributed by atoms with Gasteiger partial charge in [0.25, 0.3) is 5.12 Å². The second-order valence-corrected chi connectivity index (χ2v) is 4.57. The lowest BCUT2D eigenvalue weighted by Crippen LogP contribution is -2.45. The van der Waals surface area contributed by atoms with E-state index in [1.165, 1.54) is 19.3 Å². The second-order valence-electron chi connectivity index (χ2n) is 4.16. The van der Waals surface area contributed by atoms with E-state index in [2.05, 4.69) is 43.2 Å². The molecule has 0 aliphatic carbocycles. The van der Waals surface area contributed by atoms with Crippen LogP contribution in [0.1, 0.15) is 33.1 Å². The molecule has 0 radical (unpaired) electrons. The molecule has 1 aliphatic heterocycles. The number of carbonyl (C=O) groups is 1. The maximum atomic E-state index is 10.6. The summed E-state index contributed by atoms with van der Waals surface area (Å²) in [6, 6.07) is 0. The number of likely N-dealkylation sites (tertiary alicyclic amines) is 1. The molecule has 78 valence electrons. The van der Waals surface area contributed by atoms with Crippen LogP contribution < -0.4 is 0 Å². The summed E-state index contributed by atoms with van der Waals surface area (Å²) in [4.78, 5) is 13.0. The van der Waals surface area contributed by atoms with E-state index < -0.39 is 0 Å². The quantitative estimate of drug-likeness (QED) is 0.526. The standard InChI is InChI=1S/C11H17NOS/c1-11(2,7-6-10(13)14)12-8-4-3-5-9-12/h3-5,8-9H2,1-2H3,(H,13,14). The number of carbonyl (C=O) groups excluding carboxylic acids is 1. The van der Waals surface area contributed by atoms with Crippen LogP contribution in [0.2, 0.25) is 0 Å². The van der Waals surface area contributed by atoms with Crippen molar-refractivity contribution < 1.29 is 4.79 Å². The zero-order chi connectivity index (χ0) is 10.6. The third-order valence-electron chi connectivity index (χ3n) is 2.62. The van der Waals surface area contributed by atoms with Crippen molar-refractivity contribution in [2.75, 3.05) is 13.1 Å². The van der Waals surface area contributed by atoms with Crippen LogP contribution in [0.5, 0.6) is 0 Å². The maximum Gasteiger partial charge on any atom is 0.259 e. The Morgan fingerprint density at radius 2 is 1.86 bits per heavy atom. The molecule has 0 aromatic heterocycles. The summed E-state index contributed by atoms with van der Waals surface area (Å²) in [5.74, 6) is 5.49. The Hall–Kier alpha value is -0.460. The Morgan fingerprint density at radius 3 is 2.36 bits per heavy atom. The maximum absolute atomic E-state index is 10.6. The minimum atomic E-state index is -0.352. The minimum absolute atomic E-state index is 0.196. The van der Waals surface area contributed by atoms with Crippen LogP contribution in [-0.2, 0) is 4.79 Å². The highest BCUT2D eigenvalue weighted by Gasteiger charge is 2.25. The van der Waals surface area contributed by atoms with Crippen LogP contribution in [0.4, 0.5) is 0 Å². The van der Waals surface area contributed by atoms with Gasteiger partial charge in [0.1, 0.15) is 0 Å². The average molecular weight is 211 g/mol. The van der Waals surface area contributed by atoms with E-state index in [0.717, 1.165) is 13.1 Å². The van der Waals surface area contributed by atoms with Crippen LogP contribution >= 0.6 is 12.6 Å². The highest BCUT2D eigenvalue weighted by atomic mass is 32.1. The average Bonchev–Trinajstić information content (AvgIpc) is 2.16. The summed E-state index contributed by atoms with van der Waals surface area (Å²) in [5, 5.41) is -0.352. The van der Waals surface area contributed by atoms with Crippen LogP contribution in [-0.4, -0.2) is 28.6 Å². The van der Waals surface area contributed by atoms with Crippen molar-refractivity contribution in [3.63, 3.8) is 0 Å². The van der Waals surface area contributed by atoms with Gasteiger partial charge in [0.15, 0.2) is 0 Å². The number of hydrogen-bond acceptors (Lipinski definition) is 2. The van der Waals surface area contributed by atoms with Gasteiger partial charge in [-0.3, -0.25) is 9.69 Å². The third-order valence-corrected chi connectivity index (χ3v) is 2.73. The van der Waals surface area contributed by atoms with E-state index in [9.17, 15) is 4.79 Å². The molecule has 2 nitrogen and oxygen atoms in total. The molecule has 3 heteroatoms. The van der Waals surface area contributed by atoms with Crippen LogP contribution in [0.3, 0.4) is 0 Å². The first-order chi connectivity index (χ1) is 6.52. The highest BCUT2D eigenvalue weighted by Crippen LogP contribution is 2.19. The van der Waals surface area contributed by atoms with E-state index in [-0.39, 0.29) is 10.7 Å². The van der Waals surface area contributed by atoms with Crippen molar-refractivity contribution in [1.29, 1.82) is 0 Å². The van der Waals surface area contributed by atoms with Gasteiger partial charge in [-0.1, -0.05) is 25.0 Å². The molecule has 0 N–H and O–H groups in total. The molecule has 1 aliphatic rings. The van der Waals surface area contributed by atoms with E-state index in [0.29, 0.717) is 0 Å². The lowest BCUT2D eigenvalue weighted by Gasteiger charge is -2.37. The van der Waals surface area contributed by atoms with E-state index in [1.807, 2.05) is 0 Å². The van der Waals surface area contributed by atoms with Gasteiger partial charge in [-0.15, -0.1) is 0 Å². The Bertz CT molecular complexity index is 269. The van der Waals surface area contributed by atoms with Gasteiger partial charge < -0.3 is 0 Å². The van der Waals surface area contributed by atoms with Crippen LogP contribution in [0, 0.1) is 11.8 Å². The van der Waals surface area contributed by atoms with Crippen molar-refractivity contribution in [1.82, 2.24) is 4.90 Å². The molecule has 14 heavy (non-hydrogen) atoms. The topological polar surface area (TPSA) is 20.3 Å². The Balaban J connectivity index is 2.64. The molecular weight excluding hydrogens is 194 g/mol. The molecule has 0 spiro atoms. The first-order valence-corrected chi connectivity index (χ1v) is 5.48. The molecule has 0 aromatic rings. The van der Waals surface area contributed by atoms with Gasteiger partial charge in [-0.25, -0.2) is 0 Å². The predicted molar refractivity (Wildman–Crippen MR) is 61.3 cm³/mol. The summed E-state index contributed by atoms with van der Waals surface area (Å²) >= 11 is 3.64. The molecule has 0 atom stereocenters. The normalized spacial score (nSPS) is 18.5. The van der Waals surface area contributed by atoms with E-state index in [1.54, 1.807) is 0 Å². The fourth-order valence-corrected chi connectivity index (χ4v) is 1.79. The predicted octanol–water partition coefficient (Wildman–Crippen LogP) is 1.71. The highest BCUT2D eigenvalue weighted by molar-refractivity contribution is 7.97. The molecule has 1 heterocycles. The first-order valence-electron chi connectivity index (χ1n) is 5.03. The molecule has 1 rings (SSSR count). The van der Waals surface area contributed by atoms with Crippen molar-refractivity contribution >= 4 is 17.7 Å². The lowest BCUT2D eigenvalue weighted by molar-refractivity contribution is -0.106. The fraction of sp³-hybridized carbons (Fsp3) is 0.727. The van der Waals surface area contributed by atoms with Gasteiger partial charge in [0, 0.05) is 0 Å². The summed E-state index contributed by atoms with van der Waals surface area (Å²) in [5.41, 5.74) is -0.196.